The van der Waals surface area contributed by atoms with E-state index in [2.05, 4.69) is 0 Å². The quantitative estimate of drug-likeness (QED) is 0.867. The molecule has 0 aliphatic rings. The Morgan fingerprint density at radius 2 is 2.00 bits per heavy atom. The van der Waals surface area contributed by atoms with Crippen LogP contribution in [0, 0.1) is 0 Å². The van der Waals surface area contributed by atoms with Crippen LogP contribution in [0.25, 0.3) is 0 Å². The first kappa shape index (κ1) is 15.6. The minimum Gasteiger partial charge on any atom is -0.504 e. The number of aromatic hydroxyl groups is 1. The van der Waals surface area contributed by atoms with Crippen LogP contribution in [-0.4, -0.2) is 36.4 Å². The molecule has 0 saturated carbocycles. The zero-order valence-corrected chi connectivity index (χ0v) is 11.0. The molecule has 19 heavy (non-hydrogen) atoms. The van der Waals surface area contributed by atoms with Gasteiger partial charge in [-0.05, 0) is 30.7 Å². The fraction of sp³-hybridized carbons (Fsp3) is 0.538. The summed E-state index contributed by atoms with van der Waals surface area (Å²) in [6, 6.07) is 4.57. The molecule has 0 aliphatic carbocycles. The van der Waals surface area contributed by atoms with E-state index >= 15 is 0 Å². The second kappa shape index (κ2) is 6.65. The van der Waals surface area contributed by atoms with Gasteiger partial charge in [-0.15, -0.1) is 0 Å². The molecule has 1 rings (SSSR count). The molecule has 1 N–H and O–H groups in total. The third kappa shape index (κ3) is 5.38. The van der Waals surface area contributed by atoms with Gasteiger partial charge in [-0.1, -0.05) is 13.0 Å². The maximum Gasteiger partial charge on any atom is 0.401 e. The summed E-state index contributed by atoms with van der Waals surface area (Å²) in [5.41, 5.74) is 0.673. The van der Waals surface area contributed by atoms with Gasteiger partial charge in [-0.3, -0.25) is 4.90 Å². The molecule has 0 radical (unpaired) electrons. The minimum absolute atomic E-state index is 0.0240. The van der Waals surface area contributed by atoms with Gasteiger partial charge >= 0.3 is 6.18 Å². The van der Waals surface area contributed by atoms with Crippen LogP contribution in [0.2, 0.25) is 0 Å². The highest BCUT2D eigenvalue weighted by molar-refractivity contribution is 5.41. The lowest BCUT2D eigenvalue weighted by molar-refractivity contribution is -0.147. The highest BCUT2D eigenvalue weighted by Crippen LogP contribution is 2.27. The largest absolute Gasteiger partial charge is 0.504 e. The molecule has 0 heterocycles. The molecule has 0 saturated heterocycles. The lowest BCUT2D eigenvalue weighted by Gasteiger charge is -2.23. The van der Waals surface area contributed by atoms with E-state index in [4.69, 9.17) is 4.74 Å². The fourth-order valence-electron chi connectivity index (χ4n) is 1.86. The van der Waals surface area contributed by atoms with Crippen molar-refractivity contribution in [1.29, 1.82) is 0 Å². The van der Waals surface area contributed by atoms with Gasteiger partial charge in [-0.2, -0.15) is 13.2 Å². The smallest absolute Gasteiger partial charge is 0.401 e. The van der Waals surface area contributed by atoms with Crippen LogP contribution < -0.4 is 4.74 Å². The number of rotatable bonds is 6. The number of alkyl halides is 3. The fourth-order valence-corrected chi connectivity index (χ4v) is 1.86. The monoisotopic (exact) mass is 277 g/mol. The molecule has 0 unspecified atom stereocenters. The summed E-state index contributed by atoms with van der Waals surface area (Å²) in [6.45, 7) is 1.43. The van der Waals surface area contributed by atoms with Crippen molar-refractivity contribution in [2.45, 2.75) is 26.1 Å². The zero-order valence-electron chi connectivity index (χ0n) is 11.0. The SMILES string of the molecule is CCCN(Cc1ccc(O)c(OC)c1)CC(F)(F)F. The average molecular weight is 277 g/mol. The molecular weight excluding hydrogens is 259 g/mol. The molecule has 6 heteroatoms. The summed E-state index contributed by atoms with van der Waals surface area (Å²) in [5.74, 6) is 0.241. The first-order valence-corrected chi connectivity index (χ1v) is 6.00. The maximum atomic E-state index is 12.4. The Morgan fingerprint density at radius 1 is 1.32 bits per heavy atom. The Morgan fingerprint density at radius 3 is 2.53 bits per heavy atom. The third-order valence-electron chi connectivity index (χ3n) is 2.59. The van der Waals surface area contributed by atoms with Crippen LogP contribution in [0.15, 0.2) is 18.2 Å². The van der Waals surface area contributed by atoms with E-state index < -0.39 is 12.7 Å². The van der Waals surface area contributed by atoms with E-state index in [0.29, 0.717) is 18.5 Å². The van der Waals surface area contributed by atoms with Crippen LogP contribution in [0.5, 0.6) is 11.5 Å². The van der Waals surface area contributed by atoms with E-state index in [9.17, 15) is 18.3 Å². The van der Waals surface area contributed by atoms with E-state index in [1.165, 1.54) is 18.1 Å². The van der Waals surface area contributed by atoms with Gasteiger partial charge in [0, 0.05) is 6.54 Å². The zero-order chi connectivity index (χ0) is 14.5. The van der Waals surface area contributed by atoms with Gasteiger partial charge in [0.05, 0.1) is 13.7 Å². The highest BCUT2D eigenvalue weighted by Gasteiger charge is 2.30. The highest BCUT2D eigenvalue weighted by atomic mass is 19.4. The van der Waals surface area contributed by atoms with Gasteiger partial charge in [0.2, 0.25) is 0 Å². The van der Waals surface area contributed by atoms with Crippen LogP contribution in [-0.2, 0) is 6.54 Å². The number of ether oxygens (including phenoxy) is 1. The van der Waals surface area contributed by atoms with Gasteiger partial charge in [0.25, 0.3) is 0 Å². The molecule has 108 valence electrons. The minimum atomic E-state index is -4.21. The molecule has 0 fully saturated rings. The summed E-state index contributed by atoms with van der Waals surface area (Å²) in [7, 11) is 1.40. The lowest BCUT2D eigenvalue weighted by atomic mass is 10.2. The van der Waals surface area contributed by atoms with E-state index in [1.807, 2.05) is 6.92 Å². The number of phenolic OH excluding ortho intramolecular Hbond substituents is 1. The van der Waals surface area contributed by atoms with E-state index in [0.717, 1.165) is 0 Å². The van der Waals surface area contributed by atoms with Crippen LogP contribution in [0.3, 0.4) is 0 Å². The summed E-state index contributed by atoms with van der Waals surface area (Å²) in [5, 5.41) is 9.44. The van der Waals surface area contributed by atoms with Crippen molar-refractivity contribution in [2.75, 3.05) is 20.2 Å². The third-order valence-corrected chi connectivity index (χ3v) is 2.59. The number of phenols is 1. The molecular formula is C13H18F3NO2. The number of benzene rings is 1. The molecule has 0 spiro atoms. The van der Waals surface area contributed by atoms with E-state index in [1.54, 1.807) is 12.1 Å². The number of nitrogens with zero attached hydrogens (tertiary/aromatic N) is 1. The molecule has 0 bridgehead atoms. The molecule has 1 aromatic rings. The van der Waals surface area contributed by atoms with Crippen molar-refractivity contribution in [3.05, 3.63) is 23.8 Å². The second-order valence-electron chi connectivity index (χ2n) is 4.33. The summed E-state index contributed by atoms with van der Waals surface area (Å²) in [6.07, 6.45) is -3.57. The predicted molar refractivity (Wildman–Crippen MR) is 66.3 cm³/mol. The first-order valence-electron chi connectivity index (χ1n) is 6.00. The average Bonchev–Trinajstić information content (AvgIpc) is 2.30. The summed E-state index contributed by atoms with van der Waals surface area (Å²) >= 11 is 0. The van der Waals surface area contributed by atoms with Gasteiger partial charge in [0.1, 0.15) is 0 Å². The Balaban J connectivity index is 2.78. The number of halogens is 3. The summed E-state index contributed by atoms with van der Waals surface area (Å²) < 4.78 is 42.2. The summed E-state index contributed by atoms with van der Waals surface area (Å²) in [4.78, 5) is 1.33. The normalized spacial score (nSPS) is 11.9. The van der Waals surface area contributed by atoms with Crippen molar-refractivity contribution < 1.29 is 23.0 Å². The Bertz CT molecular complexity index is 407. The van der Waals surface area contributed by atoms with Crippen molar-refractivity contribution in [3.8, 4) is 11.5 Å². The van der Waals surface area contributed by atoms with Gasteiger partial charge < -0.3 is 9.84 Å². The lowest BCUT2D eigenvalue weighted by Crippen LogP contribution is -2.34. The molecule has 0 aromatic heterocycles. The molecule has 0 amide bonds. The maximum absolute atomic E-state index is 12.4. The Labute approximate surface area is 110 Å². The van der Waals surface area contributed by atoms with Crippen molar-refractivity contribution in [1.82, 2.24) is 4.90 Å². The topological polar surface area (TPSA) is 32.7 Å². The molecule has 1 aromatic carbocycles. The molecule has 0 aliphatic heterocycles. The second-order valence-corrected chi connectivity index (χ2v) is 4.33. The van der Waals surface area contributed by atoms with Gasteiger partial charge in [0.15, 0.2) is 11.5 Å². The van der Waals surface area contributed by atoms with Crippen LogP contribution in [0.4, 0.5) is 13.2 Å². The number of methoxy groups -OCH3 is 1. The van der Waals surface area contributed by atoms with Crippen molar-refractivity contribution in [2.24, 2.45) is 0 Å². The van der Waals surface area contributed by atoms with Gasteiger partial charge in [-0.25, -0.2) is 0 Å². The van der Waals surface area contributed by atoms with Crippen molar-refractivity contribution >= 4 is 0 Å². The predicted octanol–water partition coefficient (Wildman–Crippen LogP) is 3.18. The Hall–Kier alpha value is -1.43. The standard InChI is InChI=1S/C13H18F3NO2/c1-3-6-17(9-13(14,15)16)8-10-4-5-11(18)12(7-10)19-2/h4-5,7,18H,3,6,8-9H2,1-2H3. The molecule has 0 atom stereocenters. The molecule has 3 nitrogen and oxygen atoms in total. The Kier molecular flexibility index (Phi) is 5.47. The van der Waals surface area contributed by atoms with Crippen LogP contribution in [0.1, 0.15) is 18.9 Å². The van der Waals surface area contributed by atoms with Crippen LogP contribution >= 0.6 is 0 Å². The first-order chi connectivity index (χ1) is 8.85. The number of hydrogen-bond acceptors (Lipinski definition) is 3. The van der Waals surface area contributed by atoms with Crippen molar-refractivity contribution in [3.63, 3.8) is 0 Å². The van der Waals surface area contributed by atoms with E-state index in [-0.39, 0.29) is 18.0 Å². The number of hydrogen-bond donors (Lipinski definition) is 1.